The topological polar surface area (TPSA) is 106 Å². The second-order valence-corrected chi connectivity index (χ2v) is 3.54. The fourth-order valence-electron chi connectivity index (χ4n) is 1.14. The van der Waals surface area contributed by atoms with Crippen molar-refractivity contribution in [3.05, 3.63) is 17.7 Å². The van der Waals surface area contributed by atoms with Gasteiger partial charge in [0.25, 0.3) is 0 Å². The van der Waals surface area contributed by atoms with Gasteiger partial charge in [0.2, 0.25) is 5.91 Å². The lowest BCUT2D eigenvalue weighted by Crippen LogP contribution is -2.33. The van der Waals surface area contributed by atoms with Gasteiger partial charge in [-0.1, -0.05) is 0 Å². The molecule has 1 amide bonds. The molecule has 0 fully saturated rings. The molecule has 0 saturated carbocycles. The average molecular weight is 263 g/mol. The zero-order valence-electron chi connectivity index (χ0n) is 9.38. The molecule has 0 aliphatic rings. The van der Waals surface area contributed by atoms with Gasteiger partial charge in [-0.25, -0.2) is 10.8 Å². The summed E-state index contributed by atoms with van der Waals surface area (Å²) in [7, 11) is 0. The Morgan fingerprint density at radius 2 is 1.94 bits per heavy atom. The number of nitrogen functional groups attached to an aromatic ring is 1. The van der Waals surface area contributed by atoms with Crippen molar-refractivity contribution in [2.75, 3.05) is 10.7 Å². The fraction of sp³-hybridized carbons (Fsp3) is 0.333. The maximum absolute atomic E-state index is 12.6. The lowest BCUT2D eigenvalue weighted by atomic mass is 10.2. The number of nitrogens with zero attached hydrogens (tertiary/aromatic N) is 1. The standard InChI is InChI=1S/C9H12F3N5O/c1-4(8(13)18)15-6-2-5(9(10,11)12)3-7(16-6)17-14/h2-4H,14H2,1H3,(H2,13,18)(H2,15,16,17). The molecule has 1 rings (SSSR count). The molecule has 0 saturated heterocycles. The summed E-state index contributed by atoms with van der Waals surface area (Å²) in [5.41, 5.74) is 6.06. The van der Waals surface area contributed by atoms with Crippen LogP contribution in [-0.2, 0) is 11.0 Å². The Hall–Kier alpha value is -2.03. The maximum Gasteiger partial charge on any atom is 0.416 e. The minimum atomic E-state index is -4.54. The van der Waals surface area contributed by atoms with Crippen molar-refractivity contribution in [2.24, 2.45) is 11.6 Å². The number of hydrogen-bond acceptors (Lipinski definition) is 5. The first-order chi connectivity index (χ1) is 8.24. The highest BCUT2D eigenvalue weighted by Crippen LogP contribution is 2.31. The van der Waals surface area contributed by atoms with Crippen LogP contribution in [0.1, 0.15) is 12.5 Å². The zero-order chi connectivity index (χ0) is 13.9. The van der Waals surface area contributed by atoms with E-state index in [2.05, 4.69) is 10.3 Å². The van der Waals surface area contributed by atoms with Crippen LogP contribution in [0.15, 0.2) is 12.1 Å². The third kappa shape index (κ3) is 3.48. The van der Waals surface area contributed by atoms with Gasteiger partial charge in [0.1, 0.15) is 17.7 Å². The Kier molecular flexibility index (Phi) is 3.96. The summed E-state index contributed by atoms with van der Waals surface area (Å²) in [6.07, 6.45) is -4.54. The van der Waals surface area contributed by atoms with Gasteiger partial charge in [-0.05, 0) is 19.1 Å². The van der Waals surface area contributed by atoms with Crippen LogP contribution in [0.5, 0.6) is 0 Å². The second-order valence-electron chi connectivity index (χ2n) is 3.54. The van der Waals surface area contributed by atoms with E-state index in [1.807, 2.05) is 5.43 Å². The molecule has 1 heterocycles. The van der Waals surface area contributed by atoms with E-state index in [-0.39, 0.29) is 11.6 Å². The first-order valence-electron chi connectivity index (χ1n) is 4.86. The van der Waals surface area contributed by atoms with Gasteiger partial charge < -0.3 is 16.5 Å². The lowest BCUT2D eigenvalue weighted by molar-refractivity contribution is -0.137. The van der Waals surface area contributed by atoms with Crippen LogP contribution in [0.4, 0.5) is 24.8 Å². The molecule has 6 nitrogen and oxygen atoms in total. The number of alkyl halides is 3. The molecule has 0 bridgehead atoms. The van der Waals surface area contributed by atoms with E-state index in [1.165, 1.54) is 6.92 Å². The molecule has 1 aromatic rings. The quantitative estimate of drug-likeness (QED) is 0.472. The van der Waals surface area contributed by atoms with Crippen molar-refractivity contribution >= 4 is 17.5 Å². The number of aromatic nitrogens is 1. The number of rotatable bonds is 4. The number of nitrogens with two attached hydrogens (primary N) is 2. The molecule has 6 N–H and O–H groups in total. The van der Waals surface area contributed by atoms with Crippen LogP contribution >= 0.6 is 0 Å². The number of pyridine rings is 1. The highest BCUT2D eigenvalue weighted by atomic mass is 19.4. The predicted molar refractivity (Wildman–Crippen MR) is 59.3 cm³/mol. The van der Waals surface area contributed by atoms with Crippen LogP contribution in [0.25, 0.3) is 0 Å². The lowest BCUT2D eigenvalue weighted by Gasteiger charge is -2.14. The highest BCUT2D eigenvalue weighted by Gasteiger charge is 2.31. The van der Waals surface area contributed by atoms with Crippen molar-refractivity contribution in [2.45, 2.75) is 19.1 Å². The van der Waals surface area contributed by atoms with Crippen LogP contribution in [0, 0.1) is 0 Å². The van der Waals surface area contributed by atoms with Crippen LogP contribution in [0.3, 0.4) is 0 Å². The summed E-state index contributed by atoms with van der Waals surface area (Å²) in [6, 6.07) is 0.659. The number of amides is 1. The molecule has 100 valence electrons. The van der Waals surface area contributed by atoms with Crippen molar-refractivity contribution in [1.82, 2.24) is 4.98 Å². The first-order valence-corrected chi connectivity index (χ1v) is 4.86. The largest absolute Gasteiger partial charge is 0.416 e. The monoisotopic (exact) mass is 263 g/mol. The number of halogens is 3. The van der Waals surface area contributed by atoms with E-state index in [0.29, 0.717) is 0 Å². The van der Waals surface area contributed by atoms with Crippen LogP contribution in [0.2, 0.25) is 0 Å². The zero-order valence-corrected chi connectivity index (χ0v) is 9.38. The predicted octanol–water partition coefficient (Wildman–Crippen LogP) is 0.672. The number of nitrogens with one attached hydrogen (secondary N) is 2. The molecule has 9 heteroatoms. The first kappa shape index (κ1) is 14.0. The van der Waals surface area contributed by atoms with Crippen molar-refractivity contribution in [3.8, 4) is 0 Å². The van der Waals surface area contributed by atoms with E-state index in [1.54, 1.807) is 0 Å². The highest BCUT2D eigenvalue weighted by molar-refractivity contribution is 5.82. The SMILES string of the molecule is CC(Nc1cc(C(F)(F)F)cc(NN)n1)C(N)=O. The molecule has 1 unspecified atom stereocenters. The fourth-order valence-corrected chi connectivity index (χ4v) is 1.14. The maximum atomic E-state index is 12.6. The van der Waals surface area contributed by atoms with Crippen LogP contribution < -0.4 is 22.3 Å². The smallest absolute Gasteiger partial charge is 0.368 e. The van der Waals surface area contributed by atoms with Crippen molar-refractivity contribution < 1.29 is 18.0 Å². The van der Waals surface area contributed by atoms with E-state index in [4.69, 9.17) is 11.6 Å². The molecule has 1 aromatic heterocycles. The van der Waals surface area contributed by atoms with Gasteiger partial charge in [-0.3, -0.25) is 4.79 Å². The van der Waals surface area contributed by atoms with E-state index in [0.717, 1.165) is 12.1 Å². The Bertz CT molecular complexity index is 448. The molecular weight excluding hydrogens is 251 g/mol. The van der Waals surface area contributed by atoms with E-state index >= 15 is 0 Å². The molecular formula is C9H12F3N5O. The average Bonchev–Trinajstić information content (AvgIpc) is 2.27. The summed E-state index contributed by atoms with van der Waals surface area (Å²) in [4.78, 5) is 14.5. The Morgan fingerprint density at radius 3 is 2.39 bits per heavy atom. The summed E-state index contributed by atoms with van der Waals surface area (Å²) in [6.45, 7) is 1.40. The molecule has 18 heavy (non-hydrogen) atoms. The summed E-state index contributed by atoms with van der Waals surface area (Å²) in [5.74, 6) is 3.98. The molecule has 0 spiro atoms. The number of hydrogen-bond donors (Lipinski definition) is 4. The van der Waals surface area contributed by atoms with Gasteiger partial charge in [0, 0.05) is 0 Å². The Morgan fingerprint density at radius 1 is 1.39 bits per heavy atom. The molecule has 1 atom stereocenters. The number of carbonyl (C=O) groups is 1. The van der Waals surface area contributed by atoms with Gasteiger partial charge in [-0.15, -0.1) is 0 Å². The number of primary amides is 1. The van der Waals surface area contributed by atoms with Crippen molar-refractivity contribution in [1.29, 1.82) is 0 Å². The van der Waals surface area contributed by atoms with Gasteiger partial charge in [-0.2, -0.15) is 13.2 Å². The molecule has 0 aromatic carbocycles. The Labute approximate surface area is 101 Å². The minimum absolute atomic E-state index is 0.149. The minimum Gasteiger partial charge on any atom is -0.368 e. The molecule has 0 aliphatic heterocycles. The summed E-state index contributed by atoms with van der Waals surface area (Å²) >= 11 is 0. The second kappa shape index (κ2) is 5.08. The molecule has 0 radical (unpaired) electrons. The molecule has 0 aliphatic carbocycles. The number of hydrazine groups is 1. The van der Waals surface area contributed by atoms with E-state index in [9.17, 15) is 18.0 Å². The van der Waals surface area contributed by atoms with Gasteiger partial charge >= 0.3 is 6.18 Å². The summed E-state index contributed by atoms with van der Waals surface area (Å²) in [5, 5.41) is 2.45. The van der Waals surface area contributed by atoms with Gasteiger partial charge in [0.05, 0.1) is 5.56 Å². The number of anilines is 2. The van der Waals surface area contributed by atoms with Crippen LogP contribution in [-0.4, -0.2) is 16.9 Å². The van der Waals surface area contributed by atoms with E-state index < -0.39 is 23.7 Å². The van der Waals surface area contributed by atoms with Crippen molar-refractivity contribution in [3.63, 3.8) is 0 Å². The van der Waals surface area contributed by atoms with Gasteiger partial charge in [0.15, 0.2) is 0 Å². The normalized spacial score (nSPS) is 12.9. The number of carbonyl (C=O) groups excluding carboxylic acids is 1. The third-order valence-electron chi connectivity index (χ3n) is 2.09. The summed E-state index contributed by atoms with van der Waals surface area (Å²) < 4.78 is 37.7. The Balaban J connectivity index is 3.09. The third-order valence-corrected chi connectivity index (χ3v) is 2.09.